The third kappa shape index (κ3) is 1.87. The minimum absolute atomic E-state index is 0.632. The van der Waals surface area contributed by atoms with Gasteiger partial charge in [-0.1, -0.05) is 18.2 Å². The molecule has 0 amide bonds. The van der Waals surface area contributed by atoms with Gasteiger partial charge < -0.3 is 9.72 Å². The van der Waals surface area contributed by atoms with Crippen molar-refractivity contribution in [3.05, 3.63) is 47.8 Å². The number of pyridine rings is 1. The molecule has 0 unspecified atom stereocenters. The van der Waals surface area contributed by atoms with Crippen molar-refractivity contribution in [1.82, 2.24) is 9.97 Å². The molecule has 1 aromatic carbocycles. The maximum atomic E-state index is 5.28. The first-order valence-electron chi connectivity index (χ1n) is 6.28. The van der Waals surface area contributed by atoms with Crippen LogP contribution >= 0.6 is 0 Å². The second kappa shape index (κ2) is 4.43. The zero-order valence-corrected chi connectivity index (χ0v) is 11.3. The van der Waals surface area contributed by atoms with Gasteiger partial charge in [-0.25, -0.2) is 4.98 Å². The Morgan fingerprint density at radius 2 is 1.95 bits per heavy atom. The van der Waals surface area contributed by atoms with Gasteiger partial charge in [-0.3, -0.25) is 0 Å². The molecule has 1 N–H and O–H groups in total. The highest BCUT2D eigenvalue weighted by molar-refractivity contribution is 5.97. The van der Waals surface area contributed by atoms with Gasteiger partial charge in [0.05, 0.1) is 7.11 Å². The first kappa shape index (κ1) is 11.8. The summed E-state index contributed by atoms with van der Waals surface area (Å²) in [4.78, 5) is 7.56. The molecule has 0 radical (unpaired) electrons. The van der Waals surface area contributed by atoms with Crippen LogP contribution in [0.3, 0.4) is 0 Å². The van der Waals surface area contributed by atoms with E-state index in [-0.39, 0.29) is 0 Å². The standard InChI is InChI=1S/C16H16N2O/c1-10-4-5-12(8-11(10)2)14-9-18-16(19-3)15-13(14)6-7-17-15/h4-9,17H,1-3H3. The van der Waals surface area contributed by atoms with Crippen molar-refractivity contribution in [3.63, 3.8) is 0 Å². The number of benzene rings is 1. The fourth-order valence-electron chi connectivity index (χ4n) is 2.32. The van der Waals surface area contributed by atoms with Crippen LogP contribution in [0.15, 0.2) is 36.7 Å². The molecule has 0 fully saturated rings. The summed E-state index contributed by atoms with van der Waals surface area (Å²) in [7, 11) is 1.64. The van der Waals surface area contributed by atoms with E-state index in [4.69, 9.17) is 4.74 Å². The van der Waals surface area contributed by atoms with E-state index in [1.54, 1.807) is 7.11 Å². The molecule has 3 rings (SSSR count). The lowest BCUT2D eigenvalue weighted by atomic mass is 9.99. The van der Waals surface area contributed by atoms with Crippen molar-refractivity contribution >= 4 is 10.9 Å². The van der Waals surface area contributed by atoms with E-state index < -0.39 is 0 Å². The molecule has 0 saturated carbocycles. The summed E-state index contributed by atoms with van der Waals surface area (Å²) >= 11 is 0. The SMILES string of the molecule is COc1ncc(-c2ccc(C)c(C)c2)c2cc[nH]c12. The number of hydrogen-bond donors (Lipinski definition) is 1. The molecule has 2 aromatic heterocycles. The molecule has 0 atom stereocenters. The van der Waals surface area contributed by atoms with Crippen LogP contribution in [0, 0.1) is 13.8 Å². The zero-order chi connectivity index (χ0) is 13.4. The molecule has 0 aliphatic rings. The van der Waals surface area contributed by atoms with Gasteiger partial charge in [0.15, 0.2) is 0 Å². The van der Waals surface area contributed by atoms with Crippen LogP contribution in [0.1, 0.15) is 11.1 Å². The second-order valence-electron chi connectivity index (χ2n) is 4.75. The summed E-state index contributed by atoms with van der Waals surface area (Å²) in [5.41, 5.74) is 5.84. The summed E-state index contributed by atoms with van der Waals surface area (Å²) in [6.07, 6.45) is 3.79. The normalized spacial score (nSPS) is 10.9. The van der Waals surface area contributed by atoms with E-state index in [9.17, 15) is 0 Å². The van der Waals surface area contributed by atoms with E-state index in [1.165, 1.54) is 16.7 Å². The number of nitrogens with zero attached hydrogens (tertiary/aromatic N) is 1. The molecule has 2 heterocycles. The molecule has 0 spiro atoms. The van der Waals surface area contributed by atoms with Gasteiger partial charge in [0.1, 0.15) is 5.52 Å². The average molecular weight is 252 g/mol. The summed E-state index contributed by atoms with van der Waals surface area (Å²) < 4.78 is 5.28. The van der Waals surface area contributed by atoms with E-state index in [0.29, 0.717) is 5.88 Å². The Hall–Kier alpha value is -2.29. The molecule has 96 valence electrons. The smallest absolute Gasteiger partial charge is 0.238 e. The fourth-order valence-corrected chi connectivity index (χ4v) is 2.32. The number of aromatic amines is 1. The fraction of sp³-hybridized carbons (Fsp3) is 0.188. The van der Waals surface area contributed by atoms with Gasteiger partial charge in [-0.2, -0.15) is 0 Å². The number of ether oxygens (including phenoxy) is 1. The Balaban J connectivity index is 2.25. The minimum Gasteiger partial charge on any atom is -0.479 e. The van der Waals surface area contributed by atoms with Crippen LogP contribution in [0.2, 0.25) is 0 Å². The van der Waals surface area contributed by atoms with Crippen LogP contribution in [-0.2, 0) is 0 Å². The van der Waals surface area contributed by atoms with E-state index in [0.717, 1.165) is 16.5 Å². The monoisotopic (exact) mass is 252 g/mol. The van der Waals surface area contributed by atoms with Gasteiger partial charge in [0.2, 0.25) is 5.88 Å². The molecule has 0 aliphatic carbocycles. The van der Waals surface area contributed by atoms with Gasteiger partial charge >= 0.3 is 0 Å². The van der Waals surface area contributed by atoms with Gasteiger partial charge in [-0.05, 0) is 36.6 Å². The second-order valence-corrected chi connectivity index (χ2v) is 4.75. The maximum Gasteiger partial charge on any atom is 0.238 e. The summed E-state index contributed by atoms with van der Waals surface area (Å²) in [5, 5.41) is 1.13. The number of aryl methyl sites for hydroxylation is 2. The predicted molar refractivity (Wildman–Crippen MR) is 77.6 cm³/mol. The van der Waals surface area contributed by atoms with Crippen LogP contribution in [0.25, 0.3) is 22.0 Å². The molecule has 19 heavy (non-hydrogen) atoms. The Morgan fingerprint density at radius 1 is 1.11 bits per heavy atom. The molecule has 0 saturated heterocycles. The van der Waals surface area contributed by atoms with Crippen molar-refractivity contribution < 1.29 is 4.74 Å². The Morgan fingerprint density at radius 3 is 2.68 bits per heavy atom. The summed E-state index contributed by atoms with van der Waals surface area (Å²) in [6.45, 7) is 4.25. The first-order chi connectivity index (χ1) is 9.20. The third-order valence-corrected chi connectivity index (χ3v) is 3.57. The lowest BCUT2D eigenvalue weighted by Crippen LogP contribution is -1.91. The van der Waals surface area contributed by atoms with Crippen LogP contribution in [0.5, 0.6) is 5.88 Å². The number of H-pyrrole nitrogens is 1. The van der Waals surface area contributed by atoms with Crippen molar-refractivity contribution in [2.45, 2.75) is 13.8 Å². The predicted octanol–water partition coefficient (Wildman–Crippen LogP) is 3.86. The Labute approximate surface area is 112 Å². The van der Waals surface area contributed by atoms with Crippen molar-refractivity contribution in [1.29, 1.82) is 0 Å². The van der Waals surface area contributed by atoms with Gasteiger partial charge in [-0.15, -0.1) is 0 Å². The van der Waals surface area contributed by atoms with Crippen molar-refractivity contribution in [2.75, 3.05) is 7.11 Å². The number of fused-ring (bicyclic) bond motifs is 1. The maximum absolute atomic E-state index is 5.28. The molecular formula is C16H16N2O. The molecular weight excluding hydrogens is 236 g/mol. The summed E-state index contributed by atoms with van der Waals surface area (Å²) in [5.74, 6) is 0.632. The average Bonchev–Trinajstić information content (AvgIpc) is 2.90. The first-order valence-corrected chi connectivity index (χ1v) is 6.28. The summed E-state index contributed by atoms with van der Waals surface area (Å²) in [6, 6.07) is 8.54. The number of methoxy groups -OCH3 is 1. The van der Waals surface area contributed by atoms with Gasteiger partial charge in [0.25, 0.3) is 0 Å². The topological polar surface area (TPSA) is 37.9 Å². The van der Waals surface area contributed by atoms with Crippen LogP contribution in [0.4, 0.5) is 0 Å². The molecule has 3 nitrogen and oxygen atoms in total. The van der Waals surface area contributed by atoms with Gasteiger partial charge in [0, 0.05) is 23.3 Å². The van der Waals surface area contributed by atoms with Crippen LogP contribution < -0.4 is 4.74 Å². The molecule has 0 aliphatic heterocycles. The molecule has 3 aromatic rings. The lowest BCUT2D eigenvalue weighted by Gasteiger charge is -2.08. The highest BCUT2D eigenvalue weighted by Gasteiger charge is 2.10. The number of hydrogen-bond acceptors (Lipinski definition) is 2. The lowest BCUT2D eigenvalue weighted by molar-refractivity contribution is 0.402. The quantitative estimate of drug-likeness (QED) is 0.752. The largest absolute Gasteiger partial charge is 0.479 e. The van der Waals surface area contributed by atoms with Crippen LogP contribution in [-0.4, -0.2) is 17.1 Å². The highest BCUT2D eigenvalue weighted by atomic mass is 16.5. The van der Waals surface area contributed by atoms with Crippen molar-refractivity contribution in [3.8, 4) is 17.0 Å². The zero-order valence-electron chi connectivity index (χ0n) is 11.3. The van der Waals surface area contributed by atoms with E-state index in [1.807, 2.05) is 12.4 Å². The Bertz CT molecular complexity index is 744. The number of rotatable bonds is 2. The highest BCUT2D eigenvalue weighted by Crippen LogP contribution is 2.32. The van der Waals surface area contributed by atoms with Crippen molar-refractivity contribution in [2.24, 2.45) is 0 Å². The number of aromatic nitrogens is 2. The Kier molecular flexibility index (Phi) is 2.75. The minimum atomic E-state index is 0.632. The van der Waals surface area contributed by atoms with E-state index in [2.05, 4.69) is 48.1 Å². The number of nitrogens with one attached hydrogen (secondary N) is 1. The third-order valence-electron chi connectivity index (χ3n) is 3.57. The molecule has 0 bridgehead atoms. The van der Waals surface area contributed by atoms with E-state index >= 15 is 0 Å². The molecule has 3 heteroatoms.